The summed E-state index contributed by atoms with van der Waals surface area (Å²) in [6, 6.07) is 12.7. The fourth-order valence-corrected chi connectivity index (χ4v) is 3.29. The number of ether oxygens (including phenoxy) is 2. The maximum atomic E-state index is 5.42. The molecule has 1 saturated heterocycles. The molecule has 3 aromatic rings. The molecular formula is C22H24N4O2. The summed E-state index contributed by atoms with van der Waals surface area (Å²) in [6.07, 6.45) is 7.04. The highest BCUT2D eigenvalue weighted by Crippen LogP contribution is 2.20. The molecule has 1 aliphatic rings. The van der Waals surface area contributed by atoms with E-state index in [1.54, 1.807) is 25.7 Å². The Morgan fingerprint density at radius 1 is 1.04 bits per heavy atom. The van der Waals surface area contributed by atoms with Gasteiger partial charge >= 0.3 is 0 Å². The zero-order valence-corrected chi connectivity index (χ0v) is 16.0. The topological polar surface area (TPSA) is 60.4 Å². The normalized spacial score (nSPS) is 14.1. The quantitative estimate of drug-likeness (QED) is 0.659. The van der Waals surface area contributed by atoms with E-state index >= 15 is 0 Å². The first-order valence-electron chi connectivity index (χ1n) is 9.55. The second-order valence-corrected chi connectivity index (χ2v) is 6.75. The summed E-state index contributed by atoms with van der Waals surface area (Å²) in [7, 11) is 1.63. The third-order valence-corrected chi connectivity index (χ3v) is 4.90. The van der Waals surface area contributed by atoms with Gasteiger partial charge in [-0.2, -0.15) is 0 Å². The number of nitrogens with zero attached hydrogens (tertiary/aromatic N) is 4. The molecule has 0 N–H and O–H groups in total. The standard InChI is InChI=1S/C22H24N4O2/c1-27-21-14-18(15-23-16-21)22-24-9-8-19(25-22)5-2-17-3-6-20(7-4-17)26-10-12-28-13-11-26/h3-4,6-9,14-16H,2,5,10-13H2,1H3. The second-order valence-electron chi connectivity index (χ2n) is 6.75. The van der Waals surface area contributed by atoms with Crippen LogP contribution in [0.1, 0.15) is 11.3 Å². The number of hydrogen-bond donors (Lipinski definition) is 0. The highest BCUT2D eigenvalue weighted by atomic mass is 16.5. The van der Waals surface area contributed by atoms with Crippen LogP contribution in [0, 0.1) is 0 Å². The molecule has 1 aromatic carbocycles. The second kappa shape index (κ2) is 8.80. The van der Waals surface area contributed by atoms with Gasteiger partial charge in [0, 0.05) is 42.4 Å². The zero-order chi connectivity index (χ0) is 19.2. The molecule has 6 nitrogen and oxygen atoms in total. The SMILES string of the molecule is COc1cncc(-c2nccc(CCc3ccc(N4CCOCC4)cc3)n2)c1. The third-order valence-electron chi connectivity index (χ3n) is 4.90. The maximum absolute atomic E-state index is 5.42. The van der Waals surface area contributed by atoms with E-state index in [-0.39, 0.29) is 0 Å². The van der Waals surface area contributed by atoms with Crippen molar-refractivity contribution >= 4 is 5.69 Å². The van der Waals surface area contributed by atoms with Gasteiger partial charge in [0.1, 0.15) is 5.75 Å². The van der Waals surface area contributed by atoms with Crippen LogP contribution in [-0.2, 0) is 17.6 Å². The maximum Gasteiger partial charge on any atom is 0.161 e. The Labute approximate surface area is 165 Å². The summed E-state index contributed by atoms with van der Waals surface area (Å²) in [5.41, 5.74) is 4.45. The Bertz CT molecular complexity index is 908. The van der Waals surface area contributed by atoms with Crippen LogP contribution in [-0.4, -0.2) is 48.4 Å². The van der Waals surface area contributed by atoms with Crippen LogP contribution in [0.15, 0.2) is 55.0 Å². The van der Waals surface area contributed by atoms with Crippen molar-refractivity contribution in [1.29, 1.82) is 0 Å². The minimum Gasteiger partial charge on any atom is -0.495 e. The first kappa shape index (κ1) is 18.4. The van der Waals surface area contributed by atoms with Gasteiger partial charge in [-0.25, -0.2) is 9.97 Å². The molecule has 0 aliphatic carbocycles. The largest absolute Gasteiger partial charge is 0.495 e. The van der Waals surface area contributed by atoms with Gasteiger partial charge in [0.15, 0.2) is 5.82 Å². The third kappa shape index (κ3) is 4.46. The van der Waals surface area contributed by atoms with Crippen LogP contribution in [0.2, 0.25) is 0 Å². The number of aromatic nitrogens is 3. The number of benzene rings is 1. The number of morpholine rings is 1. The Morgan fingerprint density at radius 2 is 1.86 bits per heavy atom. The molecule has 0 bridgehead atoms. The van der Waals surface area contributed by atoms with Crippen molar-refractivity contribution in [2.45, 2.75) is 12.8 Å². The lowest BCUT2D eigenvalue weighted by atomic mass is 10.1. The van der Waals surface area contributed by atoms with Gasteiger partial charge in [0.2, 0.25) is 0 Å². The molecule has 6 heteroatoms. The van der Waals surface area contributed by atoms with Crippen LogP contribution >= 0.6 is 0 Å². The lowest BCUT2D eigenvalue weighted by Crippen LogP contribution is -2.36. The molecule has 28 heavy (non-hydrogen) atoms. The summed E-state index contributed by atoms with van der Waals surface area (Å²) >= 11 is 0. The first-order chi connectivity index (χ1) is 13.8. The average Bonchev–Trinajstić information content (AvgIpc) is 2.79. The van der Waals surface area contributed by atoms with Crippen LogP contribution < -0.4 is 9.64 Å². The fourth-order valence-electron chi connectivity index (χ4n) is 3.29. The molecule has 0 unspecified atom stereocenters. The lowest BCUT2D eigenvalue weighted by molar-refractivity contribution is 0.122. The molecule has 0 amide bonds. The van der Waals surface area contributed by atoms with E-state index in [2.05, 4.69) is 39.1 Å². The van der Waals surface area contributed by atoms with Gasteiger partial charge in [0.25, 0.3) is 0 Å². The van der Waals surface area contributed by atoms with E-state index in [0.717, 1.165) is 50.4 Å². The summed E-state index contributed by atoms with van der Waals surface area (Å²) in [4.78, 5) is 15.6. The van der Waals surface area contributed by atoms with E-state index in [0.29, 0.717) is 11.6 Å². The molecule has 144 valence electrons. The first-order valence-corrected chi connectivity index (χ1v) is 9.55. The molecule has 0 atom stereocenters. The number of aryl methyl sites for hydroxylation is 2. The van der Waals surface area contributed by atoms with Gasteiger partial charge in [0.05, 0.1) is 26.5 Å². The fraction of sp³-hybridized carbons (Fsp3) is 0.318. The van der Waals surface area contributed by atoms with E-state index in [1.807, 2.05) is 12.1 Å². The van der Waals surface area contributed by atoms with Crippen LogP contribution in [0.3, 0.4) is 0 Å². The number of methoxy groups -OCH3 is 1. The smallest absolute Gasteiger partial charge is 0.161 e. The summed E-state index contributed by atoms with van der Waals surface area (Å²) in [6.45, 7) is 3.53. The Morgan fingerprint density at radius 3 is 2.64 bits per heavy atom. The number of hydrogen-bond acceptors (Lipinski definition) is 6. The van der Waals surface area contributed by atoms with Crippen LogP contribution in [0.5, 0.6) is 5.75 Å². The highest BCUT2D eigenvalue weighted by molar-refractivity contribution is 5.55. The van der Waals surface area contributed by atoms with E-state index in [9.17, 15) is 0 Å². The highest BCUT2D eigenvalue weighted by Gasteiger charge is 2.11. The molecule has 0 spiro atoms. The Kier molecular flexibility index (Phi) is 5.77. The van der Waals surface area contributed by atoms with Crippen molar-refractivity contribution in [3.8, 4) is 17.1 Å². The summed E-state index contributed by atoms with van der Waals surface area (Å²) in [5, 5.41) is 0. The van der Waals surface area contributed by atoms with Gasteiger partial charge in [-0.15, -0.1) is 0 Å². The minimum atomic E-state index is 0.673. The van der Waals surface area contributed by atoms with Crippen molar-refractivity contribution in [2.75, 3.05) is 38.3 Å². The molecule has 0 saturated carbocycles. The predicted molar refractivity (Wildman–Crippen MR) is 109 cm³/mol. The number of anilines is 1. The van der Waals surface area contributed by atoms with Crippen molar-refractivity contribution < 1.29 is 9.47 Å². The monoisotopic (exact) mass is 376 g/mol. The van der Waals surface area contributed by atoms with Crippen molar-refractivity contribution in [1.82, 2.24) is 15.0 Å². The van der Waals surface area contributed by atoms with E-state index in [1.165, 1.54) is 11.3 Å². The molecular weight excluding hydrogens is 352 g/mol. The Hall–Kier alpha value is -2.99. The van der Waals surface area contributed by atoms with Crippen LogP contribution in [0.4, 0.5) is 5.69 Å². The van der Waals surface area contributed by atoms with E-state index in [4.69, 9.17) is 14.5 Å². The van der Waals surface area contributed by atoms with Gasteiger partial charge in [-0.1, -0.05) is 12.1 Å². The molecule has 4 rings (SSSR count). The lowest BCUT2D eigenvalue weighted by Gasteiger charge is -2.28. The van der Waals surface area contributed by atoms with Gasteiger partial charge in [-0.05, 0) is 42.7 Å². The van der Waals surface area contributed by atoms with Crippen molar-refractivity contribution in [2.24, 2.45) is 0 Å². The van der Waals surface area contributed by atoms with Gasteiger partial charge < -0.3 is 14.4 Å². The van der Waals surface area contributed by atoms with E-state index < -0.39 is 0 Å². The minimum absolute atomic E-state index is 0.673. The van der Waals surface area contributed by atoms with Crippen LogP contribution in [0.25, 0.3) is 11.4 Å². The van der Waals surface area contributed by atoms with Crippen molar-refractivity contribution in [3.63, 3.8) is 0 Å². The van der Waals surface area contributed by atoms with Crippen molar-refractivity contribution in [3.05, 3.63) is 66.2 Å². The number of pyridine rings is 1. The summed E-state index contributed by atoms with van der Waals surface area (Å²) < 4.78 is 10.7. The molecule has 3 heterocycles. The van der Waals surface area contributed by atoms with Gasteiger partial charge in [-0.3, -0.25) is 4.98 Å². The molecule has 0 radical (unpaired) electrons. The molecule has 1 aliphatic heterocycles. The molecule has 1 fully saturated rings. The average molecular weight is 376 g/mol. The summed E-state index contributed by atoms with van der Waals surface area (Å²) in [5.74, 6) is 1.37. The number of rotatable bonds is 6. The predicted octanol–water partition coefficient (Wildman–Crippen LogP) is 3.17. The molecule has 2 aromatic heterocycles. The zero-order valence-electron chi connectivity index (χ0n) is 16.0. The Balaban J connectivity index is 1.40.